The van der Waals surface area contributed by atoms with E-state index in [2.05, 4.69) is 22.5 Å². The lowest BCUT2D eigenvalue weighted by Crippen LogP contribution is -2.18. The average Bonchev–Trinajstić information content (AvgIpc) is 2.49. The number of anilines is 1. The zero-order valence-electron chi connectivity index (χ0n) is 12.0. The van der Waals surface area contributed by atoms with E-state index in [0.29, 0.717) is 5.69 Å². The highest BCUT2D eigenvalue weighted by Gasteiger charge is 2.06. The molecular formula is C16H19N3O2. The zero-order chi connectivity index (χ0) is 15.1. The first kappa shape index (κ1) is 15.0. The minimum absolute atomic E-state index is 0.246. The molecule has 0 spiro atoms. The van der Waals surface area contributed by atoms with Gasteiger partial charge in [0, 0.05) is 18.3 Å². The highest BCUT2D eigenvalue weighted by molar-refractivity contribution is 6.02. The number of hydrogen-bond donors (Lipinski definition) is 3. The zero-order valence-corrected chi connectivity index (χ0v) is 12.0. The number of aromatic amines is 1. The summed E-state index contributed by atoms with van der Waals surface area (Å²) in [6, 6.07) is 12.1. The number of amides is 1. The highest BCUT2D eigenvalue weighted by atomic mass is 16.2. The van der Waals surface area contributed by atoms with E-state index in [9.17, 15) is 9.59 Å². The Labute approximate surface area is 123 Å². The van der Waals surface area contributed by atoms with Gasteiger partial charge < -0.3 is 15.6 Å². The normalized spacial score (nSPS) is 10.3. The molecule has 2 aromatic rings. The minimum Gasteiger partial charge on any atom is -0.321 e. The Kier molecular flexibility index (Phi) is 5.29. The van der Waals surface area contributed by atoms with Gasteiger partial charge in [0.05, 0.1) is 0 Å². The maximum absolute atomic E-state index is 12.0. The van der Waals surface area contributed by atoms with E-state index in [4.69, 9.17) is 0 Å². The number of rotatable bonds is 6. The Balaban J connectivity index is 1.96. The van der Waals surface area contributed by atoms with E-state index in [-0.39, 0.29) is 17.2 Å². The summed E-state index contributed by atoms with van der Waals surface area (Å²) in [6.07, 6.45) is 1.10. The number of carbonyl (C=O) groups excluding carboxylic acids is 1. The van der Waals surface area contributed by atoms with Crippen molar-refractivity contribution in [2.75, 3.05) is 11.9 Å². The quantitative estimate of drug-likeness (QED) is 0.712. The maximum atomic E-state index is 12.0. The second-order valence-electron chi connectivity index (χ2n) is 4.76. The van der Waals surface area contributed by atoms with Gasteiger partial charge in [-0.15, -0.1) is 0 Å². The summed E-state index contributed by atoms with van der Waals surface area (Å²) in [7, 11) is 0. The number of H-pyrrole nitrogens is 1. The van der Waals surface area contributed by atoms with Crippen LogP contribution in [-0.2, 0) is 6.54 Å². The van der Waals surface area contributed by atoms with E-state index in [1.165, 1.54) is 6.07 Å². The van der Waals surface area contributed by atoms with Crippen LogP contribution in [-0.4, -0.2) is 17.4 Å². The molecule has 0 aliphatic carbocycles. The monoisotopic (exact) mass is 285 g/mol. The second-order valence-corrected chi connectivity index (χ2v) is 4.76. The average molecular weight is 285 g/mol. The molecule has 1 heterocycles. The third-order valence-corrected chi connectivity index (χ3v) is 2.98. The minimum atomic E-state index is -0.329. The smallest absolute Gasteiger partial charge is 0.272 e. The van der Waals surface area contributed by atoms with Crippen LogP contribution in [0, 0.1) is 0 Å². The SMILES string of the molecule is CCCNCc1ccc(NC(=O)c2cccc(=O)[nH]2)cc1. The molecule has 0 unspecified atom stereocenters. The fourth-order valence-corrected chi connectivity index (χ4v) is 1.89. The van der Waals surface area contributed by atoms with E-state index in [1.807, 2.05) is 24.3 Å². The van der Waals surface area contributed by atoms with Gasteiger partial charge in [-0.2, -0.15) is 0 Å². The van der Waals surface area contributed by atoms with Gasteiger partial charge in [0.1, 0.15) is 5.69 Å². The molecule has 1 aromatic carbocycles. The van der Waals surface area contributed by atoms with Gasteiger partial charge in [-0.25, -0.2) is 0 Å². The molecule has 0 aliphatic rings. The first-order valence-electron chi connectivity index (χ1n) is 6.99. The molecule has 0 bridgehead atoms. The Morgan fingerprint density at radius 3 is 2.57 bits per heavy atom. The van der Waals surface area contributed by atoms with Crippen molar-refractivity contribution in [3.05, 3.63) is 64.1 Å². The van der Waals surface area contributed by atoms with Crippen molar-refractivity contribution in [2.45, 2.75) is 19.9 Å². The number of aromatic nitrogens is 1. The van der Waals surface area contributed by atoms with Crippen molar-refractivity contribution in [3.8, 4) is 0 Å². The van der Waals surface area contributed by atoms with Crippen LogP contribution in [0.15, 0.2) is 47.3 Å². The second kappa shape index (κ2) is 7.40. The Morgan fingerprint density at radius 1 is 1.14 bits per heavy atom. The molecular weight excluding hydrogens is 266 g/mol. The number of nitrogens with one attached hydrogen (secondary N) is 3. The molecule has 1 aromatic heterocycles. The Hall–Kier alpha value is -2.40. The van der Waals surface area contributed by atoms with Gasteiger partial charge in [-0.05, 0) is 36.7 Å². The lowest BCUT2D eigenvalue weighted by atomic mass is 10.2. The van der Waals surface area contributed by atoms with Crippen molar-refractivity contribution >= 4 is 11.6 Å². The van der Waals surface area contributed by atoms with Crippen LogP contribution >= 0.6 is 0 Å². The van der Waals surface area contributed by atoms with Crippen LogP contribution in [0.2, 0.25) is 0 Å². The predicted octanol–water partition coefficient (Wildman–Crippen LogP) is 2.13. The summed E-state index contributed by atoms with van der Waals surface area (Å²) in [5, 5.41) is 6.07. The first-order chi connectivity index (χ1) is 10.2. The van der Waals surface area contributed by atoms with Crippen molar-refractivity contribution in [1.82, 2.24) is 10.3 Å². The number of pyridine rings is 1. The third kappa shape index (κ3) is 4.57. The van der Waals surface area contributed by atoms with Crippen LogP contribution in [0.4, 0.5) is 5.69 Å². The summed E-state index contributed by atoms with van der Waals surface area (Å²) >= 11 is 0. The molecule has 0 fully saturated rings. The van der Waals surface area contributed by atoms with Gasteiger partial charge >= 0.3 is 0 Å². The Morgan fingerprint density at radius 2 is 1.90 bits per heavy atom. The van der Waals surface area contributed by atoms with Crippen LogP contribution in [0.25, 0.3) is 0 Å². The van der Waals surface area contributed by atoms with Gasteiger partial charge in [0.25, 0.3) is 5.91 Å². The summed E-state index contributed by atoms with van der Waals surface area (Å²) < 4.78 is 0. The molecule has 110 valence electrons. The number of carbonyl (C=O) groups is 1. The lowest BCUT2D eigenvalue weighted by molar-refractivity contribution is 0.102. The molecule has 3 N–H and O–H groups in total. The van der Waals surface area contributed by atoms with E-state index < -0.39 is 0 Å². The largest absolute Gasteiger partial charge is 0.321 e. The third-order valence-electron chi connectivity index (χ3n) is 2.98. The Bertz CT molecular complexity index is 647. The molecule has 21 heavy (non-hydrogen) atoms. The number of benzene rings is 1. The van der Waals surface area contributed by atoms with Crippen LogP contribution in [0.5, 0.6) is 0 Å². The molecule has 0 aliphatic heterocycles. The fraction of sp³-hybridized carbons (Fsp3) is 0.250. The lowest BCUT2D eigenvalue weighted by Gasteiger charge is -2.07. The molecule has 5 heteroatoms. The fourth-order valence-electron chi connectivity index (χ4n) is 1.89. The van der Waals surface area contributed by atoms with Crippen molar-refractivity contribution < 1.29 is 4.79 Å². The standard InChI is InChI=1S/C16H19N3O2/c1-2-10-17-11-12-6-8-13(9-7-12)18-16(21)14-4-3-5-15(20)19-14/h3-9,17H,2,10-11H2,1H3,(H,18,21)(H,19,20). The molecule has 1 amide bonds. The molecule has 5 nitrogen and oxygen atoms in total. The van der Waals surface area contributed by atoms with Gasteiger partial charge in [0.2, 0.25) is 5.56 Å². The molecule has 0 radical (unpaired) electrons. The molecule has 0 atom stereocenters. The molecule has 2 rings (SSSR count). The molecule has 0 saturated heterocycles. The maximum Gasteiger partial charge on any atom is 0.272 e. The van der Waals surface area contributed by atoms with Gasteiger partial charge in [0.15, 0.2) is 0 Å². The van der Waals surface area contributed by atoms with E-state index in [1.54, 1.807) is 12.1 Å². The van der Waals surface area contributed by atoms with Crippen LogP contribution in [0.1, 0.15) is 29.4 Å². The summed E-state index contributed by atoms with van der Waals surface area (Å²) in [5.41, 5.74) is 1.81. The summed E-state index contributed by atoms with van der Waals surface area (Å²) in [4.78, 5) is 25.6. The summed E-state index contributed by atoms with van der Waals surface area (Å²) in [6.45, 7) is 3.92. The van der Waals surface area contributed by atoms with E-state index >= 15 is 0 Å². The van der Waals surface area contributed by atoms with Crippen molar-refractivity contribution in [3.63, 3.8) is 0 Å². The number of hydrogen-bond acceptors (Lipinski definition) is 3. The highest BCUT2D eigenvalue weighted by Crippen LogP contribution is 2.10. The van der Waals surface area contributed by atoms with Crippen LogP contribution < -0.4 is 16.2 Å². The van der Waals surface area contributed by atoms with Crippen LogP contribution in [0.3, 0.4) is 0 Å². The summed E-state index contributed by atoms with van der Waals surface area (Å²) in [5.74, 6) is -0.329. The van der Waals surface area contributed by atoms with Crippen molar-refractivity contribution in [1.29, 1.82) is 0 Å². The van der Waals surface area contributed by atoms with Crippen molar-refractivity contribution in [2.24, 2.45) is 0 Å². The molecule has 0 saturated carbocycles. The van der Waals surface area contributed by atoms with Gasteiger partial charge in [-0.1, -0.05) is 25.1 Å². The predicted molar refractivity (Wildman–Crippen MR) is 83.5 cm³/mol. The van der Waals surface area contributed by atoms with Gasteiger partial charge in [-0.3, -0.25) is 9.59 Å². The van der Waals surface area contributed by atoms with E-state index in [0.717, 1.165) is 25.1 Å². The topological polar surface area (TPSA) is 74.0 Å². The first-order valence-corrected chi connectivity index (χ1v) is 6.99.